The van der Waals surface area contributed by atoms with Gasteiger partial charge >= 0.3 is 0 Å². The monoisotopic (exact) mass is 334 g/mol. The van der Waals surface area contributed by atoms with Crippen molar-refractivity contribution in [2.45, 2.75) is 32.7 Å². The van der Waals surface area contributed by atoms with Crippen LogP contribution in [0.1, 0.15) is 29.5 Å². The van der Waals surface area contributed by atoms with E-state index in [1.54, 1.807) is 0 Å². The number of amides is 1. The van der Waals surface area contributed by atoms with E-state index in [4.69, 9.17) is 0 Å². The van der Waals surface area contributed by atoms with Gasteiger partial charge in [0, 0.05) is 25.3 Å². The first-order valence-corrected chi connectivity index (χ1v) is 9.38. The molecule has 2 aromatic rings. The Bertz CT molecular complexity index is 770. The first-order valence-electron chi connectivity index (χ1n) is 9.38. The number of aryl methyl sites for hydroxylation is 1. The fourth-order valence-electron chi connectivity index (χ4n) is 4.22. The van der Waals surface area contributed by atoms with Gasteiger partial charge in [0.15, 0.2) is 0 Å². The number of anilines is 1. The number of hydrogen-bond acceptors (Lipinski definition) is 2. The van der Waals surface area contributed by atoms with Crippen LogP contribution in [0.4, 0.5) is 5.69 Å². The topological polar surface area (TPSA) is 23.6 Å². The zero-order valence-corrected chi connectivity index (χ0v) is 14.9. The van der Waals surface area contributed by atoms with Gasteiger partial charge in [0.2, 0.25) is 5.91 Å². The Labute approximate surface area is 150 Å². The van der Waals surface area contributed by atoms with Crippen molar-refractivity contribution < 1.29 is 4.79 Å². The Kier molecular flexibility index (Phi) is 4.58. The Balaban J connectivity index is 1.45. The van der Waals surface area contributed by atoms with E-state index < -0.39 is 0 Å². The molecule has 0 radical (unpaired) electrons. The molecule has 1 amide bonds. The molecule has 3 heteroatoms. The van der Waals surface area contributed by atoms with Gasteiger partial charge in [-0.1, -0.05) is 42.5 Å². The summed E-state index contributed by atoms with van der Waals surface area (Å²) < 4.78 is 0. The average Bonchev–Trinajstić information content (AvgIpc) is 3.07. The van der Waals surface area contributed by atoms with Crippen molar-refractivity contribution in [2.75, 3.05) is 24.5 Å². The molecule has 0 saturated carbocycles. The molecule has 0 N–H and O–H groups in total. The number of likely N-dealkylation sites (tertiary alicyclic amines) is 1. The Hall–Kier alpha value is -2.13. The molecule has 2 aromatic carbocycles. The molecule has 0 spiro atoms. The maximum Gasteiger partial charge on any atom is 0.231 e. The van der Waals surface area contributed by atoms with Gasteiger partial charge in [0.1, 0.15) is 0 Å². The van der Waals surface area contributed by atoms with Crippen molar-refractivity contribution in [1.29, 1.82) is 0 Å². The first-order chi connectivity index (χ1) is 12.2. The third-order valence-electron chi connectivity index (χ3n) is 5.66. The lowest BCUT2D eigenvalue weighted by Gasteiger charge is -2.34. The second-order valence-corrected chi connectivity index (χ2v) is 7.37. The second kappa shape index (κ2) is 7.01. The molecule has 2 heterocycles. The number of hydrogen-bond donors (Lipinski definition) is 0. The van der Waals surface area contributed by atoms with Crippen LogP contribution in [0.25, 0.3) is 0 Å². The maximum atomic E-state index is 13.1. The fraction of sp³-hybridized carbons (Fsp3) is 0.409. The Morgan fingerprint density at radius 2 is 1.88 bits per heavy atom. The minimum absolute atomic E-state index is 0.129. The van der Waals surface area contributed by atoms with E-state index in [1.165, 1.54) is 16.7 Å². The number of para-hydroxylation sites is 1. The second-order valence-electron chi connectivity index (χ2n) is 7.37. The number of rotatable bonds is 3. The minimum Gasteiger partial charge on any atom is -0.312 e. The Morgan fingerprint density at radius 3 is 2.76 bits per heavy atom. The highest BCUT2D eigenvalue weighted by molar-refractivity contribution is 5.97. The molecule has 0 bridgehead atoms. The van der Waals surface area contributed by atoms with Crippen LogP contribution in [-0.4, -0.2) is 30.4 Å². The molecular formula is C22H26N2O. The van der Waals surface area contributed by atoms with Crippen LogP contribution in [0.5, 0.6) is 0 Å². The number of piperidine rings is 1. The molecule has 2 aliphatic heterocycles. The molecule has 25 heavy (non-hydrogen) atoms. The predicted octanol–water partition coefficient (Wildman–Crippen LogP) is 3.80. The van der Waals surface area contributed by atoms with E-state index in [0.717, 1.165) is 51.1 Å². The highest BCUT2D eigenvalue weighted by Crippen LogP contribution is 2.31. The molecule has 1 atom stereocenters. The summed E-state index contributed by atoms with van der Waals surface area (Å²) in [5, 5.41) is 0. The van der Waals surface area contributed by atoms with E-state index in [9.17, 15) is 4.79 Å². The standard InChI is InChI=1S/C22H26N2O/c1-17-7-2-3-9-19(17)15-23-13-6-10-20(16-23)22(25)24-14-12-18-8-4-5-11-21(18)24/h2-5,7-9,11,20H,6,10,12-16H2,1H3. The fourth-order valence-corrected chi connectivity index (χ4v) is 4.22. The predicted molar refractivity (Wildman–Crippen MR) is 102 cm³/mol. The zero-order chi connectivity index (χ0) is 17.2. The smallest absolute Gasteiger partial charge is 0.231 e. The molecule has 130 valence electrons. The lowest BCUT2D eigenvalue weighted by molar-refractivity contribution is -0.124. The molecule has 2 aliphatic rings. The summed E-state index contributed by atoms with van der Waals surface area (Å²) in [4.78, 5) is 17.6. The molecule has 1 saturated heterocycles. The number of nitrogens with zero attached hydrogens (tertiary/aromatic N) is 2. The van der Waals surface area contributed by atoms with Gasteiger partial charge in [-0.3, -0.25) is 9.69 Å². The molecule has 4 rings (SSSR count). The van der Waals surface area contributed by atoms with Crippen LogP contribution in [0.15, 0.2) is 48.5 Å². The third kappa shape index (κ3) is 3.34. The summed E-state index contributed by atoms with van der Waals surface area (Å²) in [5.74, 6) is 0.448. The van der Waals surface area contributed by atoms with Gasteiger partial charge in [0.25, 0.3) is 0 Å². The molecular weight excluding hydrogens is 308 g/mol. The van der Waals surface area contributed by atoms with Gasteiger partial charge < -0.3 is 4.90 Å². The van der Waals surface area contributed by atoms with Gasteiger partial charge in [-0.2, -0.15) is 0 Å². The quantitative estimate of drug-likeness (QED) is 0.852. The number of carbonyl (C=O) groups is 1. The molecule has 3 nitrogen and oxygen atoms in total. The number of benzene rings is 2. The van der Waals surface area contributed by atoms with Crippen LogP contribution >= 0.6 is 0 Å². The maximum absolute atomic E-state index is 13.1. The minimum atomic E-state index is 0.129. The highest BCUT2D eigenvalue weighted by Gasteiger charge is 2.32. The average molecular weight is 334 g/mol. The van der Waals surface area contributed by atoms with E-state index in [-0.39, 0.29) is 5.92 Å². The van der Waals surface area contributed by atoms with Crippen LogP contribution in [0.3, 0.4) is 0 Å². The molecule has 0 aromatic heterocycles. The van der Waals surface area contributed by atoms with Crippen molar-refractivity contribution in [3.05, 3.63) is 65.2 Å². The van der Waals surface area contributed by atoms with E-state index in [1.807, 2.05) is 11.0 Å². The van der Waals surface area contributed by atoms with Crippen molar-refractivity contribution in [1.82, 2.24) is 4.90 Å². The Morgan fingerprint density at radius 1 is 1.08 bits per heavy atom. The SMILES string of the molecule is Cc1ccccc1CN1CCCC(C(=O)N2CCc3ccccc32)C1. The van der Waals surface area contributed by atoms with Crippen LogP contribution < -0.4 is 4.90 Å². The van der Waals surface area contributed by atoms with Gasteiger partial charge in [-0.25, -0.2) is 0 Å². The number of carbonyl (C=O) groups excluding carboxylic acids is 1. The van der Waals surface area contributed by atoms with Crippen molar-refractivity contribution in [3.63, 3.8) is 0 Å². The lowest BCUT2D eigenvalue weighted by Crippen LogP contribution is -2.44. The van der Waals surface area contributed by atoms with Gasteiger partial charge in [-0.15, -0.1) is 0 Å². The molecule has 0 aliphatic carbocycles. The highest BCUT2D eigenvalue weighted by atomic mass is 16.2. The molecule has 1 unspecified atom stereocenters. The van der Waals surface area contributed by atoms with E-state index >= 15 is 0 Å². The zero-order valence-electron chi connectivity index (χ0n) is 14.9. The van der Waals surface area contributed by atoms with Gasteiger partial charge in [-0.05, 0) is 55.5 Å². The summed E-state index contributed by atoms with van der Waals surface area (Å²) in [7, 11) is 0. The molecule has 1 fully saturated rings. The summed E-state index contributed by atoms with van der Waals surface area (Å²) in [6, 6.07) is 16.9. The first kappa shape index (κ1) is 16.3. The van der Waals surface area contributed by atoms with E-state index in [2.05, 4.69) is 54.3 Å². The van der Waals surface area contributed by atoms with Crippen molar-refractivity contribution >= 4 is 11.6 Å². The lowest BCUT2D eigenvalue weighted by atomic mass is 9.95. The van der Waals surface area contributed by atoms with Crippen LogP contribution in [0, 0.1) is 12.8 Å². The summed E-state index contributed by atoms with van der Waals surface area (Å²) >= 11 is 0. The normalized spacial score (nSPS) is 20.5. The van der Waals surface area contributed by atoms with Gasteiger partial charge in [0.05, 0.1) is 5.92 Å². The van der Waals surface area contributed by atoms with E-state index in [0.29, 0.717) is 5.91 Å². The summed E-state index contributed by atoms with van der Waals surface area (Å²) in [5.41, 5.74) is 5.15. The largest absolute Gasteiger partial charge is 0.312 e. The summed E-state index contributed by atoms with van der Waals surface area (Å²) in [6.45, 7) is 5.93. The summed E-state index contributed by atoms with van der Waals surface area (Å²) in [6.07, 6.45) is 3.11. The van der Waals surface area contributed by atoms with Crippen LogP contribution in [0.2, 0.25) is 0 Å². The third-order valence-corrected chi connectivity index (χ3v) is 5.66. The van der Waals surface area contributed by atoms with Crippen molar-refractivity contribution in [2.24, 2.45) is 5.92 Å². The van der Waals surface area contributed by atoms with Crippen molar-refractivity contribution in [3.8, 4) is 0 Å². The van der Waals surface area contributed by atoms with Crippen LogP contribution in [-0.2, 0) is 17.8 Å². The number of fused-ring (bicyclic) bond motifs is 1.